The molecule has 11 N–H and O–H groups in total. The van der Waals surface area contributed by atoms with E-state index >= 15 is 0 Å². The van der Waals surface area contributed by atoms with Gasteiger partial charge in [0.15, 0.2) is 46.3 Å². The monoisotopic (exact) mass is 1440 g/mol. The minimum absolute atomic E-state index is 0.000780. The zero-order valence-electron chi connectivity index (χ0n) is 56.3. The van der Waals surface area contributed by atoms with Gasteiger partial charge in [-0.2, -0.15) is 19.9 Å². The van der Waals surface area contributed by atoms with Crippen molar-refractivity contribution in [3.63, 3.8) is 0 Å². The van der Waals surface area contributed by atoms with Gasteiger partial charge in [0, 0.05) is 105 Å². The van der Waals surface area contributed by atoms with Crippen LogP contribution in [-0.2, 0) is 11.3 Å². The van der Waals surface area contributed by atoms with Crippen molar-refractivity contribution in [2.24, 2.45) is 0 Å². The fraction of sp³-hybridized carbons (Fsp3) is 0.319. The van der Waals surface area contributed by atoms with Crippen molar-refractivity contribution < 1.29 is 28.8 Å². The maximum absolute atomic E-state index is 11.2. The number of terminal acetylenes is 2. The summed E-state index contributed by atoms with van der Waals surface area (Å²) in [5.41, 5.74) is 17.3. The number of ketones is 1. The summed E-state index contributed by atoms with van der Waals surface area (Å²) in [5.74, 6) is 13.8. The van der Waals surface area contributed by atoms with Gasteiger partial charge in [-0.15, -0.1) is 12.8 Å². The third kappa shape index (κ3) is 23.4. The summed E-state index contributed by atoms with van der Waals surface area (Å²) in [4.78, 5) is 61.7. The lowest BCUT2D eigenvalue weighted by molar-refractivity contribution is -0.115. The van der Waals surface area contributed by atoms with Gasteiger partial charge < -0.3 is 67.4 Å². The highest BCUT2D eigenvalue weighted by Gasteiger charge is 2.20. The highest BCUT2D eigenvalue weighted by molar-refractivity contribution is 9.10. The Morgan fingerprint density at radius 1 is 0.505 bits per heavy atom. The van der Waals surface area contributed by atoms with Crippen LogP contribution in [0, 0.1) is 24.7 Å². The highest BCUT2D eigenvalue weighted by Crippen LogP contribution is 2.39. The van der Waals surface area contributed by atoms with Crippen LogP contribution in [0.3, 0.4) is 0 Å². The smallest absolute Gasteiger partial charge is 0.224 e. The molecule has 0 fully saturated rings. The van der Waals surface area contributed by atoms with Crippen molar-refractivity contribution in [1.29, 1.82) is 0 Å². The summed E-state index contributed by atoms with van der Waals surface area (Å²) in [5, 5.41) is 27.4. The summed E-state index contributed by atoms with van der Waals surface area (Å²) in [6, 6.07) is 17.1. The highest BCUT2D eigenvalue weighted by atomic mass is 79.9. The van der Waals surface area contributed by atoms with E-state index in [1.54, 1.807) is 63.4 Å². The maximum atomic E-state index is 11.2. The number of anilines is 8. The minimum atomic E-state index is -0.0421. The largest absolute Gasteiger partial charge is 0.451 e. The lowest BCUT2D eigenvalue weighted by Crippen LogP contribution is -2.13. The van der Waals surface area contributed by atoms with Crippen molar-refractivity contribution in [3.05, 3.63) is 153 Å². The fourth-order valence-corrected chi connectivity index (χ4v) is 9.06. The molecule has 9 aromatic rings. The van der Waals surface area contributed by atoms with E-state index in [2.05, 4.69) is 184 Å². The number of pyridine rings is 4. The number of nitrogen functional groups attached to an aromatic ring is 2. The second-order valence-electron chi connectivity index (χ2n) is 22.3. The van der Waals surface area contributed by atoms with Gasteiger partial charge in [0.05, 0.1) is 37.9 Å². The van der Waals surface area contributed by atoms with E-state index in [4.69, 9.17) is 48.4 Å². The van der Waals surface area contributed by atoms with Crippen LogP contribution >= 0.6 is 31.9 Å². The maximum Gasteiger partial charge on any atom is 0.224 e. The molecule has 0 spiro atoms. The lowest BCUT2D eigenvalue weighted by atomic mass is 10.0. The Morgan fingerprint density at radius 3 is 1.34 bits per heavy atom. The van der Waals surface area contributed by atoms with Crippen molar-refractivity contribution in [2.45, 2.75) is 106 Å². The summed E-state index contributed by atoms with van der Waals surface area (Å²) in [6.45, 7) is 21.9. The van der Waals surface area contributed by atoms with E-state index in [1.165, 1.54) is 13.1 Å². The first-order valence-electron chi connectivity index (χ1n) is 31.0. The number of hydrogen-bond donors (Lipinski definition) is 9. The molecule has 0 aliphatic carbocycles. The van der Waals surface area contributed by atoms with Crippen LogP contribution in [0.25, 0.3) is 0 Å². The number of hydrogen-bond acceptors (Lipinski definition) is 26. The number of halogens is 2. The number of aliphatic hydroxyl groups is 1. The molecule has 0 unspecified atom stereocenters. The Bertz CT molecular complexity index is 4140. The van der Waals surface area contributed by atoms with Crippen LogP contribution in [0.2, 0.25) is 0 Å². The Kier molecular flexibility index (Phi) is 29.7. The van der Waals surface area contributed by atoms with E-state index < -0.39 is 0 Å². The van der Waals surface area contributed by atoms with E-state index in [1.807, 2.05) is 62.5 Å². The number of aliphatic hydroxyl groups excluding tert-OH is 1. The normalized spacial score (nSPS) is 10.5. The molecule has 0 saturated carbocycles. The van der Waals surface area contributed by atoms with Crippen LogP contribution in [0.1, 0.15) is 139 Å². The third-order valence-corrected chi connectivity index (χ3v) is 14.3. The van der Waals surface area contributed by atoms with Crippen LogP contribution in [0.4, 0.5) is 47.1 Å². The predicted molar refractivity (Wildman–Crippen MR) is 388 cm³/mol. The van der Waals surface area contributed by atoms with E-state index in [0.717, 1.165) is 51.1 Å². The molecular weight excluding hydrogens is 1360 g/mol. The van der Waals surface area contributed by atoms with Gasteiger partial charge in [-0.3, -0.25) is 4.79 Å². The summed E-state index contributed by atoms with van der Waals surface area (Å²) >= 11 is 6.75. The van der Waals surface area contributed by atoms with Crippen molar-refractivity contribution in [3.8, 4) is 70.7 Å². The number of nitrogens with one attached hydrogen (secondary N) is 6. The number of benzene rings is 1. The molecule has 9 rings (SSSR count). The molecule has 0 aliphatic rings. The molecule has 0 bridgehead atoms. The first-order valence-corrected chi connectivity index (χ1v) is 32.5. The molecule has 8 heterocycles. The van der Waals surface area contributed by atoms with Crippen molar-refractivity contribution in [1.82, 2.24) is 59.8 Å². The van der Waals surface area contributed by atoms with E-state index in [0.29, 0.717) is 110 Å². The van der Waals surface area contributed by atoms with E-state index in [9.17, 15) is 4.79 Å². The van der Waals surface area contributed by atoms with Crippen LogP contribution in [0.15, 0.2) is 113 Å². The zero-order valence-corrected chi connectivity index (χ0v) is 59.5. The third-order valence-electron chi connectivity index (χ3n) is 13.4. The van der Waals surface area contributed by atoms with Crippen molar-refractivity contribution >= 4 is 84.7 Å². The quantitative estimate of drug-likeness (QED) is 0.0180. The van der Waals surface area contributed by atoms with Gasteiger partial charge in [0.2, 0.25) is 23.8 Å². The van der Waals surface area contributed by atoms with Crippen LogP contribution < -0.4 is 62.3 Å². The second kappa shape index (κ2) is 38.1. The molecule has 508 valence electrons. The number of aromatic nitrogens is 12. The predicted octanol–water partition coefficient (Wildman–Crippen LogP) is 13.7. The molecule has 26 nitrogen and oxygen atoms in total. The van der Waals surface area contributed by atoms with Gasteiger partial charge in [-0.05, 0) is 74.4 Å². The number of nitrogens with two attached hydrogens (primary N) is 2. The zero-order chi connectivity index (χ0) is 70.6. The standard InChI is InChI=1S/C21H21N5O.C17H24BrN5O2.C17H19N5O2.C14H18BrN5O/c1-4-16-10-18(17(12-23-16)14(2)3)27-19-13-25-21(22)26-20(19)24-11-15-8-6-5-7-9-15;1-4-5-20-17-22-10-14(16(23-17)19-6-7-24)25-13-8-15(18)21-9-12(13)11(2)3;1-5-12-6-14(13(8-19-12)10(2)3)24-15-9-21-17(18)22-16(15)20-7-11(4)23;1-8(2)9-6-18-12(15)5-10(9)21-11-7-19-14(17-4)20-13(11)16-3/h1,5-10,12-14H,11H2,2-3H3,(H3,22,24,25,26);8-11,24H,4-7H2,1-3H3,(H2,19,20,22,23);1,6,8-10H,7H2,2-4H3,(H3,18,20,21,22);5-8H,1-4H3,(H2,16,17,19,20). The molecular formula is C69H82Br2N20O6. The average Bonchev–Trinajstić information content (AvgIpc) is 1.02. The van der Waals surface area contributed by atoms with Gasteiger partial charge >= 0.3 is 0 Å². The molecule has 1 aromatic carbocycles. The number of carbonyl (C=O) groups is 1. The molecule has 0 amide bonds. The van der Waals surface area contributed by atoms with Gasteiger partial charge in [0.25, 0.3) is 0 Å². The molecule has 0 radical (unpaired) electrons. The van der Waals surface area contributed by atoms with Gasteiger partial charge in [-0.25, -0.2) is 39.9 Å². The topological polar surface area (TPSA) is 353 Å². The molecule has 0 saturated heterocycles. The molecule has 97 heavy (non-hydrogen) atoms. The van der Waals surface area contributed by atoms with Crippen LogP contribution in [-0.4, -0.2) is 111 Å². The Morgan fingerprint density at radius 2 is 0.918 bits per heavy atom. The summed E-state index contributed by atoms with van der Waals surface area (Å²) < 4.78 is 25.5. The van der Waals surface area contributed by atoms with E-state index in [-0.39, 0.29) is 48.6 Å². The molecule has 0 atom stereocenters. The first-order chi connectivity index (χ1) is 46.6. The number of Topliss-reactive ketones (excluding diaryl/α,β-unsaturated/α-hetero) is 1. The second-order valence-corrected chi connectivity index (χ2v) is 23.9. The fourth-order valence-electron chi connectivity index (χ4n) is 8.44. The number of rotatable bonds is 26. The average molecular weight is 1450 g/mol. The first kappa shape index (κ1) is 75.5. The minimum Gasteiger partial charge on any atom is -0.451 e. The Hall–Kier alpha value is -10.6. The lowest BCUT2D eigenvalue weighted by Gasteiger charge is -2.16. The Labute approximate surface area is 583 Å². The van der Waals surface area contributed by atoms with Crippen molar-refractivity contribution in [2.75, 3.05) is 83.7 Å². The summed E-state index contributed by atoms with van der Waals surface area (Å²) in [6.07, 6.45) is 25.2. The number of nitrogens with zero attached hydrogens (tertiary/aromatic N) is 12. The molecule has 28 heteroatoms. The number of carbonyl (C=O) groups excluding carboxylic acids is 1. The summed E-state index contributed by atoms with van der Waals surface area (Å²) in [7, 11) is 3.56. The Balaban J connectivity index is 0.000000205. The SMILES string of the molecule is C#Cc1cc(Oc2cnc(N)nc2NCC(C)=O)c(C(C)C)cn1.C#Cc1cc(Oc2cnc(N)nc2NCc2ccccc2)c(C(C)C)cn1.CCCNc1ncc(Oc2cc(Br)ncc2C(C)C)c(NCCO)n1.CNc1ncc(Oc2cc(Br)ncc2C(C)C)c(NC)n1. The van der Waals surface area contributed by atoms with Crippen LogP contribution in [0.5, 0.6) is 46.0 Å². The molecule has 0 aliphatic heterocycles. The van der Waals surface area contributed by atoms with Gasteiger partial charge in [-0.1, -0.05) is 104 Å². The van der Waals surface area contributed by atoms with Gasteiger partial charge in [0.1, 0.15) is 49.4 Å². The molecule has 8 aromatic heterocycles. The number of ether oxygens (including phenoxy) is 4.